The summed E-state index contributed by atoms with van der Waals surface area (Å²) in [7, 11) is 0. The smallest absolute Gasteiger partial charge is 0.128 e. The fraction of sp³-hybridized carbons (Fsp3) is 0.333. The van der Waals surface area contributed by atoms with E-state index in [1.807, 2.05) is 26.0 Å². The van der Waals surface area contributed by atoms with Crippen molar-refractivity contribution in [3.63, 3.8) is 0 Å². The summed E-state index contributed by atoms with van der Waals surface area (Å²) in [4.78, 5) is 0. The predicted molar refractivity (Wildman–Crippen MR) is 85.4 cm³/mol. The van der Waals surface area contributed by atoms with Gasteiger partial charge in [0.2, 0.25) is 0 Å². The minimum Gasteiger partial charge on any atom is -0.271 e. The molecule has 0 heterocycles. The van der Waals surface area contributed by atoms with Crippen LogP contribution in [-0.4, -0.2) is 0 Å². The Morgan fingerprint density at radius 3 is 2.48 bits per heavy atom. The van der Waals surface area contributed by atoms with Gasteiger partial charge in [-0.15, -0.1) is 0 Å². The van der Waals surface area contributed by atoms with E-state index >= 15 is 0 Å². The molecule has 21 heavy (non-hydrogen) atoms. The first kappa shape index (κ1) is 15.7. The lowest BCUT2D eigenvalue weighted by molar-refractivity contribution is 0.482. The molecule has 2 aromatic carbocycles. The molecule has 0 amide bonds. The summed E-state index contributed by atoms with van der Waals surface area (Å²) in [5.74, 6) is 5.48. The molecule has 0 aliphatic heterocycles. The number of hydrazine groups is 1. The molecule has 0 spiro atoms. The van der Waals surface area contributed by atoms with E-state index in [4.69, 9.17) is 5.84 Å². The van der Waals surface area contributed by atoms with E-state index in [9.17, 15) is 4.39 Å². The van der Waals surface area contributed by atoms with Crippen LogP contribution in [0.2, 0.25) is 0 Å². The zero-order valence-corrected chi connectivity index (χ0v) is 12.9. The summed E-state index contributed by atoms with van der Waals surface area (Å²) >= 11 is 0. The lowest BCUT2D eigenvalue weighted by Crippen LogP contribution is -2.29. The second kappa shape index (κ2) is 6.83. The van der Waals surface area contributed by atoms with Crippen LogP contribution in [0.1, 0.15) is 40.3 Å². The summed E-state index contributed by atoms with van der Waals surface area (Å²) in [6.45, 7) is 5.91. The van der Waals surface area contributed by atoms with Crippen LogP contribution in [0.15, 0.2) is 36.4 Å². The summed E-state index contributed by atoms with van der Waals surface area (Å²) in [6.07, 6.45) is 1.63. The monoisotopic (exact) mass is 286 g/mol. The normalized spacial score (nSPS) is 12.4. The number of nitrogens with two attached hydrogens (primary N) is 1. The first-order valence-corrected chi connectivity index (χ1v) is 7.29. The standard InChI is InChI=1S/C18H23FN2/c1-12-5-4-6-15(10-12)7-8-17(21-20)18-14(3)9-13(2)11-16(18)19/h4-6,9-11,17,21H,7-8,20H2,1-3H3. The molecular formula is C18H23FN2. The van der Waals surface area contributed by atoms with Crippen LogP contribution in [-0.2, 0) is 6.42 Å². The van der Waals surface area contributed by atoms with Crippen molar-refractivity contribution in [2.24, 2.45) is 5.84 Å². The quantitative estimate of drug-likeness (QED) is 0.646. The number of halogens is 1. The molecule has 0 saturated carbocycles. The maximum absolute atomic E-state index is 14.2. The second-order valence-electron chi connectivity index (χ2n) is 5.72. The number of hydrogen-bond acceptors (Lipinski definition) is 2. The third kappa shape index (κ3) is 3.90. The lowest BCUT2D eigenvalue weighted by atomic mass is 9.94. The van der Waals surface area contributed by atoms with Crippen LogP contribution in [0.5, 0.6) is 0 Å². The van der Waals surface area contributed by atoms with Gasteiger partial charge in [-0.05, 0) is 56.4 Å². The van der Waals surface area contributed by atoms with Crippen molar-refractivity contribution in [3.05, 3.63) is 70.0 Å². The Hall–Kier alpha value is -1.71. The van der Waals surface area contributed by atoms with Gasteiger partial charge in [-0.3, -0.25) is 11.3 Å². The molecule has 1 atom stereocenters. The van der Waals surface area contributed by atoms with Crippen LogP contribution in [0, 0.1) is 26.6 Å². The highest BCUT2D eigenvalue weighted by atomic mass is 19.1. The van der Waals surface area contributed by atoms with Crippen molar-refractivity contribution in [1.82, 2.24) is 5.43 Å². The fourth-order valence-electron chi connectivity index (χ4n) is 2.86. The molecule has 0 bridgehead atoms. The molecule has 3 N–H and O–H groups in total. The molecule has 0 saturated heterocycles. The van der Waals surface area contributed by atoms with Gasteiger partial charge in [0, 0.05) is 11.6 Å². The zero-order valence-electron chi connectivity index (χ0n) is 12.9. The van der Waals surface area contributed by atoms with E-state index < -0.39 is 0 Å². The zero-order chi connectivity index (χ0) is 15.4. The second-order valence-corrected chi connectivity index (χ2v) is 5.72. The molecule has 0 aliphatic rings. The number of aryl methyl sites for hydroxylation is 4. The van der Waals surface area contributed by atoms with Gasteiger partial charge in [0.1, 0.15) is 5.82 Å². The van der Waals surface area contributed by atoms with Gasteiger partial charge in [0.15, 0.2) is 0 Å². The maximum Gasteiger partial charge on any atom is 0.128 e. The highest BCUT2D eigenvalue weighted by molar-refractivity contribution is 5.34. The fourth-order valence-corrected chi connectivity index (χ4v) is 2.86. The van der Waals surface area contributed by atoms with Crippen molar-refractivity contribution in [3.8, 4) is 0 Å². The van der Waals surface area contributed by atoms with Crippen molar-refractivity contribution in [2.45, 2.75) is 39.7 Å². The average Bonchev–Trinajstić information content (AvgIpc) is 2.41. The Morgan fingerprint density at radius 1 is 1.10 bits per heavy atom. The summed E-state index contributed by atoms with van der Waals surface area (Å²) < 4.78 is 14.2. The number of benzene rings is 2. The van der Waals surface area contributed by atoms with E-state index in [2.05, 4.69) is 30.5 Å². The Balaban J connectivity index is 2.17. The number of hydrogen-bond donors (Lipinski definition) is 2. The van der Waals surface area contributed by atoms with Gasteiger partial charge in [-0.2, -0.15) is 0 Å². The van der Waals surface area contributed by atoms with Gasteiger partial charge >= 0.3 is 0 Å². The molecule has 0 aliphatic carbocycles. The number of rotatable bonds is 5. The third-order valence-electron chi connectivity index (χ3n) is 3.83. The lowest BCUT2D eigenvalue weighted by Gasteiger charge is -2.20. The number of nitrogens with one attached hydrogen (secondary N) is 1. The molecule has 1 unspecified atom stereocenters. The predicted octanol–water partition coefficient (Wildman–Crippen LogP) is 3.89. The van der Waals surface area contributed by atoms with E-state index in [0.717, 1.165) is 24.0 Å². The van der Waals surface area contributed by atoms with Crippen molar-refractivity contribution < 1.29 is 4.39 Å². The molecule has 0 fully saturated rings. The first-order valence-electron chi connectivity index (χ1n) is 7.29. The van der Waals surface area contributed by atoms with E-state index in [0.29, 0.717) is 5.56 Å². The first-order chi connectivity index (χ1) is 10.0. The molecule has 2 aromatic rings. The van der Waals surface area contributed by atoms with Crippen LogP contribution >= 0.6 is 0 Å². The minimum absolute atomic E-state index is 0.175. The molecule has 112 valence electrons. The summed E-state index contributed by atoms with van der Waals surface area (Å²) in [5, 5.41) is 0. The Morgan fingerprint density at radius 2 is 1.86 bits per heavy atom. The van der Waals surface area contributed by atoms with Gasteiger partial charge in [-0.25, -0.2) is 4.39 Å². The van der Waals surface area contributed by atoms with E-state index in [1.54, 1.807) is 6.07 Å². The van der Waals surface area contributed by atoms with Crippen molar-refractivity contribution >= 4 is 0 Å². The molecule has 0 aromatic heterocycles. The summed E-state index contributed by atoms with van der Waals surface area (Å²) in [6, 6.07) is 11.8. The van der Waals surface area contributed by atoms with Gasteiger partial charge in [0.05, 0.1) is 0 Å². The van der Waals surface area contributed by atoms with Crippen LogP contribution in [0.4, 0.5) is 4.39 Å². The molecule has 2 nitrogen and oxygen atoms in total. The molecule has 3 heteroatoms. The third-order valence-corrected chi connectivity index (χ3v) is 3.83. The highest BCUT2D eigenvalue weighted by Gasteiger charge is 2.17. The molecular weight excluding hydrogens is 263 g/mol. The van der Waals surface area contributed by atoms with E-state index in [-0.39, 0.29) is 11.9 Å². The highest BCUT2D eigenvalue weighted by Crippen LogP contribution is 2.26. The van der Waals surface area contributed by atoms with Gasteiger partial charge < -0.3 is 0 Å². The molecule has 0 radical (unpaired) electrons. The SMILES string of the molecule is Cc1cccc(CCC(NN)c2c(C)cc(C)cc2F)c1. The minimum atomic E-state index is -0.181. The largest absolute Gasteiger partial charge is 0.271 e. The Bertz CT molecular complexity index is 599. The van der Waals surface area contributed by atoms with Crippen LogP contribution in [0.3, 0.4) is 0 Å². The Kier molecular flexibility index (Phi) is 5.10. The molecule has 2 rings (SSSR count). The van der Waals surface area contributed by atoms with Gasteiger partial charge in [-0.1, -0.05) is 35.9 Å². The van der Waals surface area contributed by atoms with E-state index in [1.165, 1.54) is 11.1 Å². The van der Waals surface area contributed by atoms with Gasteiger partial charge in [0.25, 0.3) is 0 Å². The maximum atomic E-state index is 14.2. The topological polar surface area (TPSA) is 38.0 Å². The van der Waals surface area contributed by atoms with Crippen molar-refractivity contribution in [1.29, 1.82) is 0 Å². The average molecular weight is 286 g/mol. The summed E-state index contributed by atoms with van der Waals surface area (Å²) in [5.41, 5.74) is 7.81. The van der Waals surface area contributed by atoms with Crippen LogP contribution < -0.4 is 11.3 Å². The van der Waals surface area contributed by atoms with Crippen LogP contribution in [0.25, 0.3) is 0 Å². The van der Waals surface area contributed by atoms with Crippen molar-refractivity contribution in [2.75, 3.05) is 0 Å². The Labute approximate surface area is 126 Å².